The van der Waals surface area contributed by atoms with Gasteiger partial charge in [0.1, 0.15) is 0 Å². The predicted octanol–water partition coefficient (Wildman–Crippen LogP) is 5.15. The van der Waals surface area contributed by atoms with E-state index in [0.29, 0.717) is 6.42 Å². The van der Waals surface area contributed by atoms with Gasteiger partial charge in [-0.1, -0.05) is 96.2 Å². The first-order valence-corrected chi connectivity index (χ1v) is 9.46. The van der Waals surface area contributed by atoms with Crippen LogP contribution in [0.15, 0.2) is 96.2 Å². The van der Waals surface area contributed by atoms with E-state index < -0.39 is 0 Å². The van der Waals surface area contributed by atoms with Crippen LogP contribution in [0.4, 0.5) is 0 Å². The molecule has 3 aromatic carbocycles. The van der Waals surface area contributed by atoms with Crippen molar-refractivity contribution in [2.24, 2.45) is 11.1 Å². The summed E-state index contributed by atoms with van der Waals surface area (Å²) in [7, 11) is 0. The second kappa shape index (κ2) is 8.19. The molecule has 136 valence electrons. The van der Waals surface area contributed by atoms with Crippen molar-refractivity contribution >= 4 is 5.71 Å². The summed E-state index contributed by atoms with van der Waals surface area (Å²) in [6.45, 7) is 0. The number of hydrogen-bond acceptors (Lipinski definition) is 3. The number of nitrogens with zero attached hydrogens (tertiary/aromatic N) is 1. The smallest absolute Gasteiger partial charge is 0.0642 e. The van der Waals surface area contributed by atoms with Crippen molar-refractivity contribution in [3.63, 3.8) is 0 Å². The van der Waals surface area contributed by atoms with Gasteiger partial charge in [-0.05, 0) is 23.1 Å². The molecule has 27 heavy (non-hydrogen) atoms. The van der Waals surface area contributed by atoms with Gasteiger partial charge in [-0.3, -0.25) is 0 Å². The third-order valence-corrected chi connectivity index (χ3v) is 5.41. The lowest BCUT2D eigenvalue weighted by atomic mass is 9.77. The molecule has 2 N–H and O–H groups in total. The van der Waals surface area contributed by atoms with Crippen molar-refractivity contribution in [3.05, 3.63) is 108 Å². The number of benzene rings is 3. The average molecular weight is 356 g/mol. The molecular formula is C24H24N2O. The maximum Gasteiger partial charge on any atom is 0.0642 e. The summed E-state index contributed by atoms with van der Waals surface area (Å²) in [6.07, 6.45) is 1.55. The van der Waals surface area contributed by atoms with E-state index in [-0.39, 0.29) is 18.0 Å². The number of rotatable bonds is 4. The van der Waals surface area contributed by atoms with Crippen molar-refractivity contribution in [2.45, 2.75) is 24.9 Å². The molecule has 1 fully saturated rings. The second-order valence-corrected chi connectivity index (χ2v) is 7.11. The molecule has 0 unspecified atom stereocenters. The molecule has 0 aromatic heterocycles. The highest BCUT2D eigenvalue weighted by molar-refractivity contribution is 5.89. The lowest BCUT2D eigenvalue weighted by molar-refractivity contribution is 0.288. The predicted molar refractivity (Wildman–Crippen MR) is 109 cm³/mol. The second-order valence-electron chi connectivity index (χ2n) is 7.11. The number of nitrogens with one attached hydrogen (secondary N) is 1. The summed E-state index contributed by atoms with van der Waals surface area (Å²) < 4.78 is 0. The highest BCUT2D eigenvalue weighted by Gasteiger charge is 2.36. The highest BCUT2D eigenvalue weighted by atomic mass is 16.4. The van der Waals surface area contributed by atoms with Gasteiger partial charge in [0, 0.05) is 24.4 Å². The molecule has 1 saturated heterocycles. The van der Waals surface area contributed by atoms with Gasteiger partial charge in [0.05, 0.1) is 5.71 Å². The molecule has 3 nitrogen and oxygen atoms in total. The lowest BCUT2D eigenvalue weighted by Crippen LogP contribution is -2.43. The maximum absolute atomic E-state index is 9.83. The molecule has 3 aromatic rings. The summed E-state index contributed by atoms with van der Waals surface area (Å²) >= 11 is 0. The van der Waals surface area contributed by atoms with E-state index in [0.717, 1.165) is 12.1 Å². The monoisotopic (exact) mass is 356 g/mol. The quantitative estimate of drug-likeness (QED) is 0.501. The standard InChI is InChI=1S/C24H24N2O/c27-26-23-17-22(19-12-6-2-7-13-19)25-24(20-14-8-3-9-15-20)21(23)16-18-10-4-1-5-11-18/h1-15,21-22,24-25,27H,16-17H2/b26-23+/t21-,22+,24+/m1/s1. The minimum absolute atomic E-state index is 0.0938. The molecule has 3 heteroatoms. The van der Waals surface area contributed by atoms with Gasteiger partial charge in [0.2, 0.25) is 0 Å². The molecule has 4 rings (SSSR count). The largest absolute Gasteiger partial charge is 0.411 e. The van der Waals surface area contributed by atoms with Gasteiger partial charge in [-0.25, -0.2) is 0 Å². The van der Waals surface area contributed by atoms with Crippen LogP contribution in [0.25, 0.3) is 0 Å². The fraction of sp³-hybridized carbons (Fsp3) is 0.208. The Morgan fingerprint density at radius 2 is 1.33 bits per heavy atom. The van der Waals surface area contributed by atoms with Crippen molar-refractivity contribution in [1.82, 2.24) is 5.32 Å². The molecular weight excluding hydrogens is 332 g/mol. The molecule has 0 amide bonds. The van der Waals surface area contributed by atoms with E-state index in [1.807, 2.05) is 18.2 Å². The maximum atomic E-state index is 9.83. The minimum Gasteiger partial charge on any atom is -0.411 e. The Morgan fingerprint density at radius 3 is 1.93 bits per heavy atom. The van der Waals surface area contributed by atoms with E-state index in [9.17, 15) is 5.21 Å². The Morgan fingerprint density at radius 1 is 0.778 bits per heavy atom. The molecule has 1 aliphatic heterocycles. The Labute approximate surface area is 160 Å². The van der Waals surface area contributed by atoms with E-state index in [4.69, 9.17) is 0 Å². The van der Waals surface area contributed by atoms with E-state index in [2.05, 4.69) is 83.3 Å². The van der Waals surface area contributed by atoms with Crippen LogP contribution in [-0.4, -0.2) is 10.9 Å². The molecule has 0 bridgehead atoms. The van der Waals surface area contributed by atoms with Crippen LogP contribution < -0.4 is 5.32 Å². The zero-order valence-electron chi connectivity index (χ0n) is 15.2. The van der Waals surface area contributed by atoms with Crippen LogP contribution in [0.3, 0.4) is 0 Å². The topological polar surface area (TPSA) is 44.6 Å². The number of oxime groups is 1. The Balaban J connectivity index is 1.70. The van der Waals surface area contributed by atoms with Crippen LogP contribution in [0.1, 0.15) is 35.2 Å². The van der Waals surface area contributed by atoms with Crippen LogP contribution in [0, 0.1) is 5.92 Å². The normalized spacial score (nSPS) is 24.0. The molecule has 0 aliphatic carbocycles. The lowest BCUT2D eigenvalue weighted by Gasteiger charge is -2.39. The van der Waals surface area contributed by atoms with Gasteiger partial charge < -0.3 is 10.5 Å². The zero-order chi connectivity index (χ0) is 18.5. The third-order valence-electron chi connectivity index (χ3n) is 5.41. The van der Waals surface area contributed by atoms with Gasteiger partial charge in [0.15, 0.2) is 0 Å². The van der Waals surface area contributed by atoms with Crippen LogP contribution in [0.5, 0.6) is 0 Å². The van der Waals surface area contributed by atoms with Crippen LogP contribution in [-0.2, 0) is 6.42 Å². The van der Waals surface area contributed by atoms with Crippen molar-refractivity contribution in [2.75, 3.05) is 0 Å². The average Bonchev–Trinajstić information content (AvgIpc) is 2.76. The fourth-order valence-corrected chi connectivity index (χ4v) is 4.05. The van der Waals surface area contributed by atoms with E-state index >= 15 is 0 Å². The Hall–Kier alpha value is -2.91. The number of piperidine rings is 1. The SMILES string of the molecule is O/N=C1\C[C@@H](c2ccccc2)N[C@@H](c2ccccc2)[C@@H]1Cc1ccccc1. The molecule has 3 atom stereocenters. The van der Waals surface area contributed by atoms with Crippen molar-refractivity contribution in [1.29, 1.82) is 0 Å². The minimum atomic E-state index is 0.0938. The first-order valence-electron chi connectivity index (χ1n) is 9.46. The molecule has 0 spiro atoms. The number of hydrogen-bond donors (Lipinski definition) is 2. The van der Waals surface area contributed by atoms with E-state index in [1.54, 1.807) is 0 Å². The first-order chi connectivity index (χ1) is 13.3. The van der Waals surface area contributed by atoms with E-state index in [1.165, 1.54) is 16.7 Å². The molecule has 0 saturated carbocycles. The van der Waals surface area contributed by atoms with Crippen LogP contribution >= 0.6 is 0 Å². The fourth-order valence-electron chi connectivity index (χ4n) is 4.05. The summed E-state index contributed by atoms with van der Waals surface area (Å²) in [5.74, 6) is 0.111. The van der Waals surface area contributed by atoms with Gasteiger partial charge in [-0.2, -0.15) is 0 Å². The Kier molecular flexibility index (Phi) is 5.31. The van der Waals surface area contributed by atoms with Crippen molar-refractivity contribution in [3.8, 4) is 0 Å². The summed E-state index contributed by atoms with van der Waals surface area (Å²) in [4.78, 5) is 0. The van der Waals surface area contributed by atoms with Gasteiger partial charge in [0.25, 0.3) is 0 Å². The molecule has 1 heterocycles. The summed E-state index contributed by atoms with van der Waals surface area (Å²) in [5.41, 5.74) is 4.56. The van der Waals surface area contributed by atoms with Crippen LogP contribution in [0.2, 0.25) is 0 Å². The Bertz CT molecular complexity index is 878. The van der Waals surface area contributed by atoms with Crippen molar-refractivity contribution < 1.29 is 5.21 Å². The van der Waals surface area contributed by atoms with Gasteiger partial charge in [-0.15, -0.1) is 0 Å². The van der Waals surface area contributed by atoms with Gasteiger partial charge >= 0.3 is 0 Å². The summed E-state index contributed by atoms with van der Waals surface area (Å²) in [5, 5.41) is 17.4. The molecule has 0 radical (unpaired) electrons. The first kappa shape index (κ1) is 17.5. The third kappa shape index (κ3) is 3.93. The highest BCUT2D eigenvalue weighted by Crippen LogP contribution is 2.37. The zero-order valence-corrected chi connectivity index (χ0v) is 15.2. The molecule has 1 aliphatic rings. The summed E-state index contributed by atoms with van der Waals surface area (Å²) in [6, 6.07) is 31.5.